The topological polar surface area (TPSA) is 43.4 Å². The van der Waals surface area contributed by atoms with Gasteiger partial charge in [-0.2, -0.15) is 0 Å². The minimum atomic E-state index is -0.419. The summed E-state index contributed by atoms with van der Waals surface area (Å²) in [6.07, 6.45) is 12.3. The van der Waals surface area contributed by atoms with Crippen molar-refractivity contribution >= 4 is 5.91 Å². The monoisotopic (exact) mass is 240 g/mol. The summed E-state index contributed by atoms with van der Waals surface area (Å²) in [7, 11) is 0. The number of hydroxylamine groups is 2. The molecule has 0 saturated carbocycles. The van der Waals surface area contributed by atoms with E-state index in [-0.39, 0.29) is 0 Å². The molecule has 3 nitrogen and oxygen atoms in total. The minimum absolute atomic E-state index is 0.292. The number of unbranched alkanes of at least 4 members (excludes halogenated alkanes) is 6. The number of carbonyl (C=O) groups is 1. The predicted octanol–water partition coefficient (Wildman–Crippen LogP) is 4.03. The highest BCUT2D eigenvalue weighted by Gasteiger charge is 1.96. The average molecular weight is 240 g/mol. The van der Waals surface area contributed by atoms with Crippen LogP contribution in [0.2, 0.25) is 0 Å². The quantitative estimate of drug-likeness (QED) is 0.329. The molecule has 3 heteroatoms. The van der Waals surface area contributed by atoms with Crippen LogP contribution in [-0.2, 0) is 4.79 Å². The van der Waals surface area contributed by atoms with E-state index in [1.807, 2.05) is 13.0 Å². The maximum Gasteiger partial charge on any atom is 0.235 e. The van der Waals surface area contributed by atoms with E-state index in [9.17, 15) is 10.0 Å². The van der Waals surface area contributed by atoms with E-state index >= 15 is 0 Å². The molecule has 0 rings (SSSR count). The zero-order valence-corrected chi connectivity index (χ0v) is 11.3. The van der Waals surface area contributed by atoms with Gasteiger partial charge >= 0.3 is 0 Å². The molecule has 100 valence electrons. The molecule has 17 heavy (non-hydrogen) atoms. The summed E-state index contributed by atoms with van der Waals surface area (Å²) in [5.74, 6) is -0.419. The minimum Gasteiger partial charge on any atom is -0.756 e. The fourth-order valence-electron chi connectivity index (χ4n) is 1.62. The first-order chi connectivity index (χ1) is 8.22. The number of nitrogens with zero attached hydrogens (tertiary/aromatic N) is 1. The van der Waals surface area contributed by atoms with Gasteiger partial charge in [-0.1, -0.05) is 52.0 Å². The fraction of sp³-hybridized carbons (Fsp3) is 0.786. The standard InChI is InChI=1S/C14H26NO2/c1-3-5-6-7-8-9-10-11-12-14(16)15(17)13-4-2/h11-12H,3-10,13H2,1-2H3/q-1. The van der Waals surface area contributed by atoms with Gasteiger partial charge in [-0.15, -0.1) is 0 Å². The highest BCUT2D eigenvalue weighted by Crippen LogP contribution is 2.07. The maximum absolute atomic E-state index is 11.2. The third kappa shape index (κ3) is 10.1. The van der Waals surface area contributed by atoms with Crippen LogP contribution in [-0.4, -0.2) is 17.5 Å². The highest BCUT2D eigenvalue weighted by molar-refractivity contribution is 5.87. The van der Waals surface area contributed by atoms with Gasteiger partial charge in [0.15, 0.2) is 0 Å². The summed E-state index contributed by atoms with van der Waals surface area (Å²) >= 11 is 0. The Balaban J connectivity index is 3.43. The van der Waals surface area contributed by atoms with Crippen molar-refractivity contribution in [3.05, 3.63) is 17.4 Å². The molecule has 0 aliphatic heterocycles. The lowest BCUT2D eigenvalue weighted by Gasteiger charge is -2.25. The molecule has 0 saturated heterocycles. The molecule has 0 aromatic carbocycles. The van der Waals surface area contributed by atoms with Gasteiger partial charge in [-0.05, 0) is 25.3 Å². The smallest absolute Gasteiger partial charge is 0.235 e. The first-order valence-corrected chi connectivity index (χ1v) is 6.87. The number of amides is 1. The van der Waals surface area contributed by atoms with Crippen molar-refractivity contribution in [1.82, 2.24) is 5.06 Å². The lowest BCUT2D eigenvalue weighted by molar-refractivity contribution is -0.123. The van der Waals surface area contributed by atoms with E-state index in [2.05, 4.69) is 6.92 Å². The second kappa shape index (κ2) is 11.6. The molecule has 0 aromatic heterocycles. The largest absolute Gasteiger partial charge is 0.756 e. The number of hydrogen-bond acceptors (Lipinski definition) is 2. The van der Waals surface area contributed by atoms with E-state index < -0.39 is 5.91 Å². The second-order valence-electron chi connectivity index (χ2n) is 4.40. The van der Waals surface area contributed by atoms with E-state index in [0.29, 0.717) is 18.0 Å². The number of carbonyl (C=O) groups excluding carboxylic acids is 1. The Labute approximate surface area is 105 Å². The molecule has 0 fully saturated rings. The first kappa shape index (κ1) is 16.2. The van der Waals surface area contributed by atoms with Crippen LogP contribution in [0, 0.1) is 5.21 Å². The Hall–Kier alpha value is -0.830. The summed E-state index contributed by atoms with van der Waals surface area (Å²) in [5, 5.41) is 11.6. The summed E-state index contributed by atoms with van der Waals surface area (Å²) in [6.45, 7) is 4.39. The normalized spacial score (nSPS) is 11.0. The number of hydrogen-bond donors (Lipinski definition) is 0. The van der Waals surface area contributed by atoms with Gasteiger partial charge in [0.25, 0.3) is 0 Å². The first-order valence-electron chi connectivity index (χ1n) is 6.87. The summed E-state index contributed by atoms with van der Waals surface area (Å²) < 4.78 is 0. The van der Waals surface area contributed by atoms with Crippen LogP contribution in [0.3, 0.4) is 0 Å². The Morgan fingerprint density at radius 2 is 1.71 bits per heavy atom. The highest BCUT2D eigenvalue weighted by atomic mass is 16.5. The molecule has 0 heterocycles. The Kier molecular flexibility index (Phi) is 11.1. The van der Waals surface area contributed by atoms with Crippen molar-refractivity contribution in [3.63, 3.8) is 0 Å². The van der Waals surface area contributed by atoms with E-state index in [0.717, 1.165) is 12.8 Å². The Morgan fingerprint density at radius 1 is 1.06 bits per heavy atom. The van der Waals surface area contributed by atoms with Crippen molar-refractivity contribution < 1.29 is 4.79 Å². The van der Waals surface area contributed by atoms with Gasteiger partial charge in [0.2, 0.25) is 5.91 Å². The molecule has 0 atom stereocenters. The van der Waals surface area contributed by atoms with Gasteiger partial charge in [-0.25, -0.2) is 0 Å². The molecule has 0 unspecified atom stereocenters. The molecule has 0 aromatic rings. The van der Waals surface area contributed by atoms with Gasteiger partial charge in [0.05, 0.1) is 0 Å². The molecule has 1 amide bonds. The third-order valence-corrected chi connectivity index (χ3v) is 2.66. The van der Waals surface area contributed by atoms with Gasteiger partial charge < -0.3 is 10.3 Å². The second-order valence-corrected chi connectivity index (χ2v) is 4.40. The van der Waals surface area contributed by atoms with Crippen LogP contribution in [0.25, 0.3) is 0 Å². The van der Waals surface area contributed by atoms with Gasteiger partial charge in [0.1, 0.15) is 0 Å². The molecule has 0 N–H and O–H groups in total. The third-order valence-electron chi connectivity index (χ3n) is 2.66. The number of allylic oxidation sites excluding steroid dienone is 1. The lowest BCUT2D eigenvalue weighted by atomic mass is 10.1. The molecule has 0 spiro atoms. The van der Waals surface area contributed by atoms with Crippen LogP contribution in [0.4, 0.5) is 0 Å². The Bertz CT molecular complexity index is 214. The molecule has 0 radical (unpaired) electrons. The molecular weight excluding hydrogens is 214 g/mol. The molecular formula is C14H26NO2-. The van der Waals surface area contributed by atoms with Crippen molar-refractivity contribution in [2.45, 2.75) is 65.2 Å². The summed E-state index contributed by atoms with van der Waals surface area (Å²) in [6, 6.07) is 0. The van der Waals surface area contributed by atoms with E-state index in [1.165, 1.54) is 38.2 Å². The van der Waals surface area contributed by atoms with Crippen LogP contribution in [0.15, 0.2) is 12.2 Å². The van der Waals surface area contributed by atoms with Crippen molar-refractivity contribution in [3.8, 4) is 0 Å². The van der Waals surface area contributed by atoms with Crippen LogP contribution < -0.4 is 0 Å². The zero-order valence-electron chi connectivity index (χ0n) is 11.3. The summed E-state index contributed by atoms with van der Waals surface area (Å²) in [5.41, 5.74) is 0. The van der Waals surface area contributed by atoms with Crippen LogP contribution in [0.1, 0.15) is 65.2 Å². The summed E-state index contributed by atoms with van der Waals surface area (Å²) in [4.78, 5) is 11.2. The zero-order chi connectivity index (χ0) is 12.9. The molecule has 0 bridgehead atoms. The SMILES string of the molecule is CCCCCCCCC=CC(=O)N([O-])CCC. The lowest BCUT2D eigenvalue weighted by Crippen LogP contribution is -2.23. The number of rotatable bonds is 10. The molecule has 0 aliphatic rings. The molecule has 0 aliphatic carbocycles. The van der Waals surface area contributed by atoms with E-state index in [4.69, 9.17) is 0 Å². The van der Waals surface area contributed by atoms with Crippen molar-refractivity contribution in [1.29, 1.82) is 0 Å². The van der Waals surface area contributed by atoms with Gasteiger partial charge in [-0.3, -0.25) is 4.79 Å². The Morgan fingerprint density at radius 3 is 2.35 bits per heavy atom. The van der Waals surface area contributed by atoms with Crippen molar-refractivity contribution in [2.75, 3.05) is 6.54 Å². The van der Waals surface area contributed by atoms with Gasteiger partial charge in [0, 0.05) is 6.54 Å². The predicted molar refractivity (Wildman–Crippen MR) is 72.5 cm³/mol. The van der Waals surface area contributed by atoms with Crippen LogP contribution >= 0.6 is 0 Å². The average Bonchev–Trinajstić information content (AvgIpc) is 2.32. The van der Waals surface area contributed by atoms with Crippen molar-refractivity contribution in [2.24, 2.45) is 0 Å². The maximum atomic E-state index is 11.2. The fourth-order valence-corrected chi connectivity index (χ4v) is 1.62. The van der Waals surface area contributed by atoms with Crippen LogP contribution in [0.5, 0.6) is 0 Å². The van der Waals surface area contributed by atoms with E-state index in [1.54, 1.807) is 0 Å².